The largest absolute Gasteiger partial charge is 0.508 e. The standard InChI is InChI=1S/C13H18N2O3/c16-11-2-1-3-12(10-11)18-9-4-13(17)15-7-5-14-6-8-15/h1-3,10,14,16H,4-9H2. The SMILES string of the molecule is O=C(CCOc1cccc(O)c1)N1CCNCC1. The van der Waals surface area contributed by atoms with Crippen molar-refractivity contribution in [1.29, 1.82) is 0 Å². The van der Waals surface area contributed by atoms with Gasteiger partial charge in [0, 0.05) is 32.2 Å². The molecule has 0 atom stereocenters. The van der Waals surface area contributed by atoms with Crippen LogP contribution in [0.25, 0.3) is 0 Å². The first-order valence-corrected chi connectivity index (χ1v) is 6.16. The lowest BCUT2D eigenvalue weighted by molar-refractivity contribution is -0.132. The predicted octanol–water partition coefficient (Wildman–Crippen LogP) is 0.593. The summed E-state index contributed by atoms with van der Waals surface area (Å²) in [6, 6.07) is 6.59. The molecule has 5 nitrogen and oxygen atoms in total. The Kier molecular flexibility index (Phi) is 4.41. The zero-order valence-electron chi connectivity index (χ0n) is 10.3. The molecular weight excluding hydrogens is 232 g/mol. The van der Waals surface area contributed by atoms with Crippen molar-refractivity contribution in [1.82, 2.24) is 10.2 Å². The molecule has 0 bridgehead atoms. The van der Waals surface area contributed by atoms with Gasteiger partial charge < -0.3 is 20.1 Å². The van der Waals surface area contributed by atoms with Crippen molar-refractivity contribution >= 4 is 5.91 Å². The highest BCUT2D eigenvalue weighted by molar-refractivity contribution is 5.76. The fourth-order valence-electron chi connectivity index (χ4n) is 1.90. The summed E-state index contributed by atoms with van der Waals surface area (Å²) in [4.78, 5) is 13.7. The number of amides is 1. The van der Waals surface area contributed by atoms with E-state index in [0.29, 0.717) is 18.8 Å². The molecule has 0 spiro atoms. The molecular formula is C13H18N2O3. The number of nitrogens with one attached hydrogen (secondary N) is 1. The quantitative estimate of drug-likeness (QED) is 0.821. The predicted molar refractivity (Wildman–Crippen MR) is 67.7 cm³/mol. The van der Waals surface area contributed by atoms with Crippen LogP contribution >= 0.6 is 0 Å². The number of carbonyl (C=O) groups is 1. The van der Waals surface area contributed by atoms with Crippen molar-refractivity contribution in [3.05, 3.63) is 24.3 Å². The Labute approximate surface area is 106 Å². The Hall–Kier alpha value is -1.75. The van der Waals surface area contributed by atoms with Gasteiger partial charge in [0.05, 0.1) is 13.0 Å². The van der Waals surface area contributed by atoms with Gasteiger partial charge in [-0.15, -0.1) is 0 Å². The van der Waals surface area contributed by atoms with Gasteiger partial charge in [0.1, 0.15) is 11.5 Å². The maximum absolute atomic E-state index is 11.8. The van der Waals surface area contributed by atoms with Crippen LogP contribution in [0.4, 0.5) is 0 Å². The Bertz CT molecular complexity index is 403. The summed E-state index contributed by atoms with van der Waals surface area (Å²) in [6.45, 7) is 3.60. The fraction of sp³-hybridized carbons (Fsp3) is 0.462. The molecule has 0 aliphatic carbocycles. The molecule has 1 aromatic carbocycles. The minimum atomic E-state index is 0.122. The van der Waals surface area contributed by atoms with Crippen LogP contribution in [0.5, 0.6) is 11.5 Å². The van der Waals surface area contributed by atoms with Gasteiger partial charge in [-0.3, -0.25) is 4.79 Å². The van der Waals surface area contributed by atoms with Crippen LogP contribution in [-0.4, -0.2) is 48.7 Å². The number of piperazine rings is 1. The lowest BCUT2D eigenvalue weighted by atomic mass is 10.3. The van der Waals surface area contributed by atoms with E-state index < -0.39 is 0 Å². The van der Waals surface area contributed by atoms with Gasteiger partial charge >= 0.3 is 0 Å². The molecule has 0 aromatic heterocycles. The Morgan fingerprint density at radius 1 is 1.39 bits per heavy atom. The van der Waals surface area contributed by atoms with Gasteiger partial charge in [0.2, 0.25) is 5.91 Å². The van der Waals surface area contributed by atoms with E-state index in [0.717, 1.165) is 26.2 Å². The summed E-state index contributed by atoms with van der Waals surface area (Å²) in [5, 5.41) is 12.5. The molecule has 1 saturated heterocycles. The second-order valence-corrected chi connectivity index (χ2v) is 4.23. The topological polar surface area (TPSA) is 61.8 Å². The van der Waals surface area contributed by atoms with E-state index in [1.165, 1.54) is 6.07 Å². The molecule has 18 heavy (non-hydrogen) atoms. The molecule has 0 saturated carbocycles. The molecule has 1 amide bonds. The van der Waals surface area contributed by atoms with Gasteiger partial charge in [0.25, 0.3) is 0 Å². The first kappa shape index (κ1) is 12.7. The van der Waals surface area contributed by atoms with E-state index in [-0.39, 0.29) is 11.7 Å². The molecule has 0 unspecified atom stereocenters. The maximum atomic E-state index is 11.8. The van der Waals surface area contributed by atoms with E-state index in [2.05, 4.69) is 5.32 Å². The summed E-state index contributed by atoms with van der Waals surface area (Å²) in [7, 11) is 0. The number of phenols is 1. The van der Waals surface area contributed by atoms with Gasteiger partial charge in [0.15, 0.2) is 0 Å². The van der Waals surface area contributed by atoms with E-state index in [4.69, 9.17) is 4.74 Å². The third kappa shape index (κ3) is 3.63. The Morgan fingerprint density at radius 2 is 2.17 bits per heavy atom. The van der Waals surface area contributed by atoms with Crippen molar-refractivity contribution in [2.75, 3.05) is 32.8 Å². The van der Waals surface area contributed by atoms with Crippen LogP contribution < -0.4 is 10.1 Å². The second-order valence-electron chi connectivity index (χ2n) is 4.23. The molecule has 1 aliphatic heterocycles. The highest BCUT2D eigenvalue weighted by atomic mass is 16.5. The smallest absolute Gasteiger partial charge is 0.226 e. The molecule has 1 aliphatic rings. The zero-order chi connectivity index (χ0) is 12.8. The summed E-state index contributed by atoms with van der Waals surface area (Å²) in [5.41, 5.74) is 0. The highest BCUT2D eigenvalue weighted by Gasteiger charge is 2.15. The minimum Gasteiger partial charge on any atom is -0.508 e. The van der Waals surface area contributed by atoms with E-state index >= 15 is 0 Å². The maximum Gasteiger partial charge on any atom is 0.226 e. The fourth-order valence-corrected chi connectivity index (χ4v) is 1.90. The number of hydrogen-bond donors (Lipinski definition) is 2. The monoisotopic (exact) mass is 250 g/mol. The number of rotatable bonds is 4. The van der Waals surface area contributed by atoms with Gasteiger partial charge in [-0.05, 0) is 12.1 Å². The normalized spacial score (nSPS) is 15.4. The number of hydrogen-bond acceptors (Lipinski definition) is 4. The number of nitrogens with zero attached hydrogens (tertiary/aromatic N) is 1. The van der Waals surface area contributed by atoms with Gasteiger partial charge in [-0.25, -0.2) is 0 Å². The lowest BCUT2D eigenvalue weighted by Gasteiger charge is -2.27. The van der Waals surface area contributed by atoms with Crippen molar-refractivity contribution in [2.45, 2.75) is 6.42 Å². The number of ether oxygens (including phenoxy) is 1. The number of phenolic OH excluding ortho intramolecular Hbond substituents is 1. The number of benzene rings is 1. The number of aromatic hydroxyl groups is 1. The third-order valence-electron chi connectivity index (χ3n) is 2.87. The zero-order valence-corrected chi connectivity index (χ0v) is 10.3. The summed E-state index contributed by atoms with van der Waals surface area (Å²) >= 11 is 0. The summed E-state index contributed by atoms with van der Waals surface area (Å²) in [6.07, 6.45) is 0.371. The average Bonchev–Trinajstić information content (AvgIpc) is 2.40. The van der Waals surface area contributed by atoms with Crippen molar-refractivity contribution in [3.63, 3.8) is 0 Å². The average molecular weight is 250 g/mol. The highest BCUT2D eigenvalue weighted by Crippen LogP contribution is 2.17. The van der Waals surface area contributed by atoms with Gasteiger partial charge in [-0.2, -0.15) is 0 Å². The molecule has 5 heteroatoms. The second kappa shape index (κ2) is 6.26. The summed E-state index contributed by atoms with van der Waals surface area (Å²) < 4.78 is 5.43. The molecule has 1 heterocycles. The first-order valence-electron chi connectivity index (χ1n) is 6.16. The molecule has 98 valence electrons. The van der Waals surface area contributed by atoms with Crippen LogP contribution in [0.2, 0.25) is 0 Å². The molecule has 1 aromatic rings. The molecule has 2 rings (SSSR count). The van der Waals surface area contributed by atoms with Crippen LogP contribution in [0.1, 0.15) is 6.42 Å². The number of carbonyl (C=O) groups excluding carboxylic acids is 1. The van der Waals surface area contributed by atoms with Gasteiger partial charge in [-0.1, -0.05) is 6.07 Å². The van der Waals surface area contributed by atoms with Crippen LogP contribution in [0, 0.1) is 0 Å². The molecule has 1 fully saturated rings. The third-order valence-corrected chi connectivity index (χ3v) is 2.87. The van der Waals surface area contributed by atoms with Crippen LogP contribution in [0.15, 0.2) is 24.3 Å². The van der Waals surface area contributed by atoms with Crippen molar-refractivity contribution < 1.29 is 14.6 Å². The summed E-state index contributed by atoms with van der Waals surface area (Å²) in [5.74, 6) is 0.876. The van der Waals surface area contributed by atoms with Crippen LogP contribution in [-0.2, 0) is 4.79 Å². The lowest BCUT2D eigenvalue weighted by Crippen LogP contribution is -2.46. The Balaban J connectivity index is 1.73. The van der Waals surface area contributed by atoms with Crippen LogP contribution in [0.3, 0.4) is 0 Å². The van der Waals surface area contributed by atoms with Crippen molar-refractivity contribution in [2.24, 2.45) is 0 Å². The molecule has 0 radical (unpaired) electrons. The first-order chi connectivity index (χ1) is 8.75. The van der Waals surface area contributed by atoms with E-state index in [9.17, 15) is 9.90 Å². The molecule has 2 N–H and O–H groups in total. The minimum absolute atomic E-state index is 0.122. The van der Waals surface area contributed by atoms with E-state index in [1.54, 1.807) is 18.2 Å². The Morgan fingerprint density at radius 3 is 2.89 bits per heavy atom. The van der Waals surface area contributed by atoms with E-state index in [1.807, 2.05) is 4.90 Å². The van der Waals surface area contributed by atoms with Crippen molar-refractivity contribution in [3.8, 4) is 11.5 Å².